The molecule has 0 atom stereocenters. The van der Waals surface area contributed by atoms with Gasteiger partial charge in [-0.3, -0.25) is 4.90 Å². The van der Waals surface area contributed by atoms with Crippen molar-refractivity contribution in [3.63, 3.8) is 0 Å². The molecule has 1 aromatic carbocycles. The summed E-state index contributed by atoms with van der Waals surface area (Å²) in [7, 11) is 5.90. The third-order valence-electron chi connectivity index (χ3n) is 5.34. The first kappa shape index (κ1) is 16.4. The second kappa shape index (κ2) is 7.41. The molecule has 5 nitrogen and oxygen atoms in total. The molecule has 2 aliphatic heterocycles. The molecule has 23 heavy (non-hydrogen) atoms. The number of nitrogens with one attached hydrogen (secondary N) is 1. The zero-order valence-electron chi connectivity index (χ0n) is 14.7. The second-order valence-corrected chi connectivity index (χ2v) is 6.69. The normalized spacial score (nSPS) is 21.4. The predicted octanol–water partition coefficient (Wildman–Crippen LogP) is 1.95. The number of likely N-dealkylation sites (tertiary alicyclic amines) is 1. The number of rotatable bonds is 4. The lowest BCUT2D eigenvalue weighted by molar-refractivity contribution is 0.115. The van der Waals surface area contributed by atoms with E-state index in [1.54, 1.807) is 7.11 Å². The number of ether oxygens (including phenoxy) is 1. The maximum absolute atomic E-state index is 5.49. The van der Waals surface area contributed by atoms with Gasteiger partial charge in [0.05, 0.1) is 12.8 Å². The van der Waals surface area contributed by atoms with E-state index < -0.39 is 0 Å². The minimum Gasteiger partial charge on any atom is -0.495 e. The number of piperidine rings is 1. The molecule has 1 N–H and O–H groups in total. The smallest absolute Gasteiger partial charge is 0.144 e. The van der Waals surface area contributed by atoms with E-state index in [0.29, 0.717) is 0 Å². The molecule has 0 bridgehead atoms. The van der Waals surface area contributed by atoms with E-state index in [2.05, 4.69) is 45.3 Å². The lowest BCUT2D eigenvalue weighted by Crippen LogP contribution is -2.53. The topological polar surface area (TPSA) is 31.0 Å². The molecule has 0 aliphatic carbocycles. The maximum atomic E-state index is 5.49. The van der Waals surface area contributed by atoms with E-state index in [4.69, 9.17) is 4.74 Å². The molecule has 0 radical (unpaired) electrons. The number of piperazine rings is 1. The first-order chi connectivity index (χ1) is 11.2. The Labute approximate surface area is 140 Å². The third kappa shape index (κ3) is 3.72. The standard InChI is InChI=1S/C18H30N4O/c1-19-17-5-4-16(14-18(17)23-3)22-12-10-21(11-13-22)15-6-8-20(2)9-7-15/h4-5,14-15,19H,6-13H2,1-3H3. The van der Waals surface area contributed by atoms with Gasteiger partial charge in [-0.05, 0) is 45.1 Å². The van der Waals surface area contributed by atoms with Crippen molar-refractivity contribution in [2.75, 3.05) is 70.7 Å². The number of hydrogen-bond acceptors (Lipinski definition) is 5. The van der Waals surface area contributed by atoms with E-state index in [-0.39, 0.29) is 0 Å². The summed E-state index contributed by atoms with van der Waals surface area (Å²) >= 11 is 0. The molecule has 2 fully saturated rings. The number of hydrogen-bond donors (Lipinski definition) is 1. The molecule has 3 rings (SSSR count). The summed E-state index contributed by atoms with van der Waals surface area (Å²) in [4.78, 5) is 7.62. The Hall–Kier alpha value is -1.46. The lowest BCUT2D eigenvalue weighted by Gasteiger charge is -2.43. The van der Waals surface area contributed by atoms with Crippen molar-refractivity contribution in [1.82, 2.24) is 9.80 Å². The highest BCUT2D eigenvalue weighted by Crippen LogP contribution is 2.30. The zero-order chi connectivity index (χ0) is 16.2. The van der Waals surface area contributed by atoms with Gasteiger partial charge < -0.3 is 19.9 Å². The van der Waals surface area contributed by atoms with Gasteiger partial charge in [0.25, 0.3) is 0 Å². The van der Waals surface area contributed by atoms with Crippen molar-refractivity contribution >= 4 is 11.4 Å². The summed E-state index contributed by atoms with van der Waals surface area (Å²) in [6.45, 7) is 7.04. The summed E-state index contributed by atoms with van der Waals surface area (Å²) in [6, 6.07) is 7.24. The molecule has 0 unspecified atom stereocenters. The van der Waals surface area contributed by atoms with Crippen LogP contribution in [0.25, 0.3) is 0 Å². The molecular weight excluding hydrogens is 288 g/mol. The molecule has 5 heteroatoms. The monoisotopic (exact) mass is 318 g/mol. The van der Waals surface area contributed by atoms with Gasteiger partial charge in [-0.1, -0.05) is 0 Å². The van der Waals surface area contributed by atoms with E-state index in [9.17, 15) is 0 Å². The largest absolute Gasteiger partial charge is 0.495 e. The second-order valence-electron chi connectivity index (χ2n) is 6.69. The van der Waals surface area contributed by atoms with Crippen molar-refractivity contribution in [1.29, 1.82) is 0 Å². The molecule has 0 amide bonds. The third-order valence-corrected chi connectivity index (χ3v) is 5.34. The van der Waals surface area contributed by atoms with Crippen LogP contribution in [0.2, 0.25) is 0 Å². The number of methoxy groups -OCH3 is 1. The first-order valence-corrected chi connectivity index (χ1v) is 8.74. The fourth-order valence-electron chi connectivity index (χ4n) is 3.79. The molecular formula is C18H30N4O. The van der Waals surface area contributed by atoms with Crippen LogP contribution >= 0.6 is 0 Å². The Bertz CT molecular complexity index is 506. The minimum absolute atomic E-state index is 0.787. The van der Waals surface area contributed by atoms with E-state index in [0.717, 1.165) is 30.6 Å². The zero-order valence-corrected chi connectivity index (χ0v) is 14.7. The molecule has 128 valence electrons. The van der Waals surface area contributed by atoms with Crippen LogP contribution in [0.15, 0.2) is 18.2 Å². The Morgan fingerprint density at radius 3 is 2.35 bits per heavy atom. The van der Waals surface area contributed by atoms with Crippen molar-refractivity contribution < 1.29 is 4.74 Å². The van der Waals surface area contributed by atoms with E-state index in [1.807, 2.05) is 7.05 Å². The number of anilines is 2. The quantitative estimate of drug-likeness (QED) is 0.917. The summed E-state index contributed by atoms with van der Waals surface area (Å²) in [5.74, 6) is 0.919. The molecule has 2 aliphatic rings. The molecule has 0 spiro atoms. The van der Waals surface area contributed by atoms with Crippen LogP contribution in [0.5, 0.6) is 5.75 Å². The summed E-state index contributed by atoms with van der Waals surface area (Å²) in [6.07, 6.45) is 2.64. The highest BCUT2D eigenvalue weighted by Gasteiger charge is 2.26. The van der Waals surface area contributed by atoms with Crippen molar-refractivity contribution in [2.24, 2.45) is 0 Å². The van der Waals surface area contributed by atoms with Crippen LogP contribution in [0.1, 0.15) is 12.8 Å². The van der Waals surface area contributed by atoms with Crippen LogP contribution in [0, 0.1) is 0 Å². The van der Waals surface area contributed by atoms with E-state index in [1.165, 1.54) is 44.7 Å². The minimum atomic E-state index is 0.787. The lowest BCUT2D eigenvalue weighted by atomic mass is 10.0. The fourth-order valence-corrected chi connectivity index (χ4v) is 3.79. The van der Waals surface area contributed by atoms with Crippen LogP contribution < -0.4 is 15.0 Å². The summed E-state index contributed by atoms with van der Waals surface area (Å²) < 4.78 is 5.49. The Morgan fingerprint density at radius 2 is 1.74 bits per heavy atom. The number of benzene rings is 1. The van der Waals surface area contributed by atoms with Gasteiger partial charge in [-0.2, -0.15) is 0 Å². The molecule has 0 aromatic heterocycles. The number of nitrogens with zero attached hydrogens (tertiary/aromatic N) is 3. The maximum Gasteiger partial charge on any atom is 0.144 e. The highest BCUT2D eigenvalue weighted by atomic mass is 16.5. The van der Waals surface area contributed by atoms with Crippen LogP contribution in [-0.2, 0) is 0 Å². The Kier molecular flexibility index (Phi) is 5.28. The van der Waals surface area contributed by atoms with Crippen molar-refractivity contribution in [3.8, 4) is 5.75 Å². The van der Waals surface area contributed by atoms with Gasteiger partial charge >= 0.3 is 0 Å². The van der Waals surface area contributed by atoms with Gasteiger partial charge in [0.1, 0.15) is 5.75 Å². The van der Waals surface area contributed by atoms with Gasteiger partial charge in [0, 0.05) is 51.0 Å². The molecule has 2 saturated heterocycles. The summed E-state index contributed by atoms with van der Waals surface area (Å²) in [5, 5.41) is 3.17. The predicted molar refractivity (Wildman–Crippen MR) is 96.8 cm³/mol. The Balaban J connectivity index is 1.58. The molecule has 2 heterocycles. The average molecular weight is 318 g/mol. The van der Waals surface area contributed by atoms with Crippen molar-refractivity contribution in [3.05, 3.63) is 18.2 Å². The van der Waals surface area contributed by atoms with Gasteiger partial charge in [-0.15, -0.1) is 0 Å². The molecule has 0 saturated carbocycles. The SMILES string of the molecule is CNc1ccc(N2CCN(C3CCN(C)CC3)CC2)cc1OC. The highest BCUT2D eigenvalue weighted by molar-refractivity contribution is 5.64. The average Bonchev–Trinajstić information content (AvgIpc) is 2.62. The van der Waals surface area contributed by atoms with Crippen LogP contribution in [0.3, 0.4) is 0 Å². The van der Waals surface area contributed by atoms with Gasteiger partial charge in [0.15, 0.2) is 0 Å². The molecule has 1 aromatic rings. The fraction of sp³-hybridized carbons (Fsp3) is 0.667. The van der Waals surface area contributed by atoms with Crippen LogP contribution in [-0.4, -0.2) is 76.3 Å². The Morgan fingerprint density at radius 1 is 1.04 bits per heavy atom. The van der Waals surface area contributed by atoms with E-state index >= 15 is 0 Å². The van der Waals surface area contributed by atoms with Crippen LogP contribution in [0.4, 0.5) is 11.4 Å². The van der Waals surface area contributed by atoms with Gasteiger partial charge in [-0.25, -0.2) is 0 Å². The van der Waals surface area contributed by atoms with Gasteiger partial charge in [0.2, 0.25) is 0 Å². The summed E-state index contributed by atoms with van der Waals surface area (Å²) in [5.41, 5.74) is 2.31. The van der Waals surface area contributed by atoms with Crippen molar-refractivity contribution in [2.45, 2.75) is 18.9 Å². The first-order valence-electron chi connectivity index (χ1n) is 8.74.